The summed E-state index contributed by atoms with van der Waals surface area (Å²) in [4.78, 5) is 9.97. The van der Waals surface area contributed by atoms with Gasteiger partial charge in [0.25, 0.3) is 0 Å². The molecular formula is C12H17F3N4. The fourth-order valence-electron chi connectivity index (χ4n) is 2.23. The molecule has 1 atom stereocenters. The number of hydrogen-bond acceptors (Lipinski definition) is 4. The number of nitrogens with one attached hydrogen (secondary N) is 1. The monoisotopic (exact) mass is 274 g/mol. The van der Waals surface area contributed by atoms with Crippen molar-refractivity contribution in [1.82, 2.24) is 9.97 Å². The van der Waals surface area contributed by atoms with Gasteiger partial charge in [0.05, 0.1) is 18.3 Å². The smallest absolute Gasteiger partial charge is 0.369 e. The molecule has 1 aromatic heterocycles. The standard InChI is InChI=1S/C12H17F3N4/c1-2-17-10-6-16-7-11(18-10)19-5-3-4-9(8-19)12(13,14)15/h6-7,9H,2-5,8H2,1H3,(H,17,18). The summed E-state index contributed by atoms with van der Waals surface area (Å²) in [5.41, 5.74) is 0. The van der Waals surface area contributed by atoms with E-state index in [1.165, 1.54) is 6.20 Å². The van der Waals surface area contributed by atoms with Crippen LogP contribution in [0.3, 0.4) is 0 Å². The Morgan fingerprint density at radius 1 is 1.42 bits per heavy atom. The maximum absolute atomic E-state index is 12.8. The van der Waals surface area contributed by atoms with Crippen molar-refractivity contribution in [2.45, 2.75) is 25.9 Å². The highest BCUT2D eigenvalue weighted by molar-refractivity contribution is 5.44. The molecule has 0 aliphatic carbocycles. The molecule has 1 unspecified atom stereocenters. The number of hydrogen-bond donors (Lipinski definition) is 1. The van der Waals surface area contributed by atoms with Gasteiger partial charge in [-0.3, -0.25) is 4.98 Å². The molecule has 0 radical (unpaired) electrons. The van der Waals surface area contributed by atoms with Gasteiger partial charge < -0.3 is 10.2 Å². The minimum atomic E-state index is -4.13. The predicted octanol–water partition coefficient (Wildman–Crippen LogP) is 2.69. The summed E-state index contributed by atoms with van der Waals surface area (Å²) >= 11 is 0. The number of alkyl halides is 3. The highest BCUT2D eigenvalue weighted by Crippen LogP contribution is 2.34. The van der Waals surface area contributed by atoms with Crippen molar-refractivity contribution >= 4 is 11.6 Å². The van der Waals surface area contributed by atoms with Crippen LogP contribution >= 0.6 is 0 Å². The zero-order chi connectivity index (χ0) is 13.9. The van der Waals surface area contributed by atoms with E-state index < -0.39 is 12.1 Å². The van der Waals surface area contributed by atoms with Gasteiger partial charge in [0, 0.05) is 19.6 Å². The second-order valence-corrected chi connectivity index (χ2v) is 4.62. The third kappa shape index (κ3) is 3.48. The molecule has 2 heterocycles. The molecule has 19 heavy (non-hydrogen) atoms. The molecule has 0 bridgehead atoms. The van der Waals surface area contributed by atoms with Crippen LogP contribution in [-0.4, -0.2) is 35.8 Å². The lowest BCUT2D eigenvalue weighted by atomic mass is 9.97. The first-order valence-electron chi connectivity index (χ1n) is 6.38. The summed E-state index contributed by atoms with van der Waals surface area (Å²) in [5.74, 6) is -0.174. The molecule has 2 rings (SSSR count). The van der Waals surface area contributed by atoms with E-state index in [1.807, 2.05) is 6.92 Å². The molecule has 0 saturated carbocycles. The van der Waals surface area contributed by atoms with Gasteiger partial charge in [-0.25, -0.2) is 4.98 Å². The van der Waals surface area contributed by atoms with Crippen LogP contribution in [0.4, 0.5) is 24.8 Å². The van der Waals surface area contributed by atoms with Crippen LogP contribution in [0.15, 0.2) is 12.4 Å². The van der Waals surface area contributed by atoms with E-state index in [0.717, 1.165) is 0 Å². The lowest BCUT2D eigenvalue weighted by Crippen LogP contribution is -2.42. The van der Waals surface area contributed by atoms with Crippen molar-refractivity contribution in [1.29, 1.82) is 0 Å². The van der Waals surface area contributed by atoms with E-state index in [9.17, 15) is 13.2 Å². The number of rotatable bonds is 3. The summed E-state index contributed by atoms with van der Waals surface area (Å²) in [6.07, 6.45) is -0.333. The maximum atomic E-state index is 12.8. The molecule has 0 spiro atoms. The second kappa shape index (κ2) is 5.63. The summed E-state index contributed by atoms with van der Waals surface area (Å²) in [6, 6.07) is 0. The molecule has 1 fully saturated rings. The van der Waals surface area contributed by atoms with Gasteiger partial charge in [-0.05, 0) is 19.8 Å². The summed E-state index contributed by atoms with van der Waals surface area (Å²) in [7, 11) is 0. The van der Waals surface area contributed by atoms with Crippen LogP contribution in [0.25, 0.3) is 0 Å². The van der Waals surface area contributed by atoms with Crippen molar-refractivity contribution in [3.8, 4) is 0 Å². The minimum absolute atomic E-state index is 0.0340. The molecule has 7 heteroatoms. The zero-order valence-electron chi connectivity index (χ0n) is 10.7. The zero-order valence-corrected chi connectivity index (χ0v) is 10.7. The Morgan fingerprint density at radius 2 is 2.21 bits per heavy atom. The van der Waals surface area contributed by atoms with Crippen LogP contribution in [0.1, 0.15) is 19.8 Å². The van der Waals surface area contributed by atoms with E-state index in [-0.39, 0.29) is 13.0 Å². The summed E-state index contributed by atoms with van der Waals surface area (Å²) in [6.45, 7) is 3.18. The number of piperidine rings is 1. The molecule has 4 nitrogen and oxygen atoms in total. The normalized spacial score (nSPS) is 20.4. The van der Waals surface area contributed by atoms with Crippen molar-refractivity contribution in [2.24, 2.45) is 5.92 Å². The highest BCUT2D eigenvalue weighted by atomic mass is 19.4. The number of nitrogens with zero attached hydrogens (tertiary/aromatic N) is 3. The van der Waals surface area contributed by atoms with Crippen molar-refractivity contribution in [2.75, 3.05) is 29.9 Å². The average Bonchev–Trinajstić information content (AvgIpc) is 2.39. The van der Waals surface area contributed by atoms with Gasteiger partial charge >= 0.3 is 6.18 Å². The van der Waals surface area contributed by atoms with Crippen molar-refractivity contribution in [3.63, 3.8) is 0 Å². The van der Waals surface area contributed by atoms with Crippen LogP contribution < -0.4 is 10.2 Å². The topological polar surface area (TPSA) is 41.1 Å². The van der Waals surface area contributed by atoms with Crippen LogP contribution in [0.2, 0.25) is 0 Å². The minimum Gasteiger partial charge on any atom is -0.369 e. The number of halogens is 3. The predicted molar refractivity (Wildman–Crippen MR) is 67.2 cm³/mol. The van der Waals surface area contributed by atoms with Crippen LogP contribution in [0.5, 0.6) is 0 Å². The molecule has 1 aliphatic rings. The van der Waals surface area contributed by atoms with Gasteiger partial charge in [0.15, 0.2) is 0 Å². The first-order chi connectivity index (χ1) is 9.00. The molecule has 106 valence electrons. The first kappa shape index (κ1) is 13.9. The summed E-state index contributed by atoms with van der Waals surface area (Å²) < 4.78 is 38.3. The van der Waals surface area contributed by atoms with Crippen molar-refractivity contribution < 1.29 is 13.2 Å². The second-order valence-electron chi connectivity index (χ2n) is 4.62. The Kier molecular flexibility index (Phi) is 4.11. The Labute approximate surface area is 110 Å². The molecule has 0 aromatic carbocycles. The van der Waals surface area contributed by atoms with Crippen LogP contribution in [-0.2, 0) is 0 Å². The molecule has 1 N–H and O–H groups in total. The van der Waals surface area contributed by atoms with E-state index >= 15 is 0 Å². The van der Waals surface area contributed by atoms with E-state index in [0.29, 0.717) is 31.1 Å². The molecule has 1 aliphatic heterocycles. The van der Waals surface area contributed by atoms with E-state index in [2.05, 4.69) is 15.3 Å². The van der Waals surface area contributed by atoms with Gasteiger partial charge in [0.2, 0.25) is 0 Å². The first-order valence-corrected chi connectivity index (χ1v) is 6.38. The van der Waals surface area contributed by atoms with Crippen LogP contribution in [0, 0.1) is 5.92 Å². The number of aromatic nitrogens is 2. The van der Waals surface area contributed by atoms with Gasteiger partial charge in [-0.1, -0.05) is 0 Å². The van der Waals surface area contributed by atoms with E-state index in [1.54, 1.807) is 11.1 Å². The summed E-state index contributed by atoms with van der Waals surface area (Å²) in [5, 5.41) is 3.01. The molecule has 1 aromatic rings. The lowest BCUT2D eigenvalue weighted by Gasteiger charge is -2.34. The Hall–Kier alpha value is -1.53. The maximum Gasteiger partial charge on any atom is 0.393 e. The molecule has 0 amide bonds. The van der Waals surface area contributed by atoms with E-state index in [4.69, 9.17) is 0 Å². The van der Waals surface area contributed by atoms with Gasteiger partial charge in [-0.15, -0.1) is 0 Å². The fourth-order valence-corrected chi connectivity index (χ4v) is 2.23. The largest absolute Gasteiger partial charge is 0.393 e. The SMILES string of the molecule is CCNc1cncc(N2CCCC(C(F)(F)F)C2)n1. The lowest BCUT2D eigenvalue weighted by molar-refractivity contribution is -0.176. The number of anilines is 2. The molecule has 1 saturated heterocycles. The average molecular weight is 274 g/mol. The highest BCUT2D eigenvalue weighted by Gasteiger charge is 2.42. The third-order valence-electron chi connectivity index (χ3n) is 3.19. The Morgan fingerprint density at radius 3 is 2.89 bits per heavy atom. The Balaban J connectivity index is 2.10. The van der Waals surface area contributed by atoms with Gasteiger partial charge in [-0.2, -0.15) is 13.2 Å². The molecular weight excluding hydrogens is 257 g/mol. The quantitative estimate of drug-likeness (QED) is 0.920. The van der Waals surface area contributed by atoms with Crippen molar-refractivity contribution in [3.05, 3.63) is 12.4 Å². The van der Waals surface area contributed by atoms with Gasteiger partial charge in [0.1, 0.15) is 11.6 Å². The fraction of sp³-hybridized carbons (Fsp3) is 0.667. The Bertz CT molecular complexity index is 422. The third-order valence-corrected chi connectivity index (χ3v) is 3.19.